The van der Waals surface area contributed by atoms with E-state index < -0.39 is 0 Å². The molecule has 0 aliphatic carbocycles. The third kappa shape index (κ3) is 2.63. The smallest absolute Gasteiger partial charge is 0.189 e. The number of ether oxygens (including phenoxy) is 2. The summed E-state index contributed by atoms with van der Waals surface area (Å²) in [5.41, 5.74) is 2.23. The van der Waals surface area contributed by atoms with Crippen LogP contribution < -0.4 is 10.1 Å². The minimum absolute atomic E-state index is 0.343. The summed E-state index contributed by atoms with van der Waals surface area (Å²) in [6.45, 7) is 2.06. The second-order valence-corrected chi connectivity index (χ2v) is 5.42. The van der Waals surface area contributed by atoms with Crippen molar-refractivity contribution in [3.8, 4) is 5.75 Å². The van der Waals surface area contributed by atoms with Crippen LogP contribution in [0.25, 0.3) is 0 Å². The lowest BCUT2D eigenvalue weighted by atomic mass is 9.97. The Morgan fingerprint density at radius 2 is 2.28 bits per heavy atom. The first-order chi connectivity index (χ1) is 8.83. The molecule has 0 saturated carbocycles. The predicted octanol–water partition coefficient (Wildman–Crippen LogP) is 2.89. The number of rotatable bonds is 2. The second kappa shape index (κ2) is 5.47. The summed E-state index contributed by atoms with van der Waals surface area (Å²) in [5.74, 6) is 0.927. The SMILES string of the molecule is Clc1cc2c(cc1CC1CCCCN1)OCOC2. The quantitative estimate of drug-likeness (QED) is 0.894. The first-order valence-corrected chi connectivity index (χ1v) is 6.96. The Morgan fingerprint density at radius 1 is 1.33 bits per heavy atom. The molecule has 1 fully saturated rings. The molecule has 1 aromatic carbocycles. The van der Waals surface area contributed by atoms with E-state index in [0.29, 0.717) is 19.4 Å². The number of halogens is 1. The van der Waals surface area contributed by atoms with E-state index in [1.165, 1.54) is 24.8 Å². The molecule has 98 valence electrons. The molecule has 1 atom stereocenters. The molecule has 0 radical (unpaired) electrons. The summed E-state index contributed by atoms with van der Waals surface area (Å²) < 4.78 is 10.8. The van der Waals surface area contributed by atoms with E-state index in [0.717, 1.165) is 29.3 Å². The normalized spacial score (nSPS) is 23.3. The maximum atomic E-state index is 6.34. The molecule has 1 N–H and O–H groups in total. The van der Waals surface area contributed by atoms with E-state index in [4.69, 9.17) is 21.1 Å². The third-order valence-electron chi connectivity index (χ3n) is 3.66. The van der Waals surface area contributed by atoms with E-state index in [-0.39, 0.29) is 0 Å². The number of hydrogen-bond donors (Lipinski definition) is 1. The maximum absolute atomic E-state index is 6.34. The minimum atomic E-state index is 0.343. The van der Waals surface area contributed by atoms with E-state index in [1.54, 1.807) is 0 Å². The van der Waals surface area contributed by atoms with E-state index in [2.05, 4.69) is 11.4 Å². The van der Waals surface area contributed by atoms with Gasteiger partial charge in [-0.05, 0) is 43.5 Å². The van der Waals surface area contributed by atoms with Crippen molar-refractivity contribution in [2.75, 3.05) is 13.3 Å². The van der Waals surface area contributed by atoms with Gasteiger partial charge in [-0.15, -0.1) is 0 Å². The molecule has 1 unspecified atom stereocenters. The van der Waals surface area contributed by atoms with Gasteiger partial charge in [-0.2, -0.15) is 0 Å². The van der Waals surface area contributed by atoms with Crippen molar-refractivity contribution in [1.82, 2.24) is 5.32 Å². The van der Waals surface area contributed by atoms with E-state index in [9.17, 15) is 0 Å². The highest BCUT2D eigenvalue weighted by molar-refractivity contribution is 6.31. The summed E-state index contributed by atoms with van der Waals surface area (Å²) in [6, 6.07) is 4.61. The lowest BCUT2D eigenvalue weighted by molar-refractivity contribution is -0.0164. The Balaban J connectivity index is 1.78. The summed E-state index contributed by atoms with van der Waals surface area (Å²) in [5, 5.41) is 4.38. The Bertz CT molecular complexity index is 430. The first-order valence-electron chi connectivity index (χ1n) is 6.58. The van der Waals surface area contributed by atoms with Crippen molar-refractivity contribution in [3.05, 3.63) is 28.3 Å². The van der Waals surface area contributed by atoms with Gasteiger partial charge in [0, 0.05) is 16.6 Å². The molecule has 1 aromatic rings. The topological polar surface area (TPSA) is 30.5 Å². The van der Waals surface area contributed by atoms with Gasteiger partial charge in [0.25, 0.3) is 0 Å². The zero-order valence-corrected chi connectivity index (χ0v) is 11.1. The van der Waals surface area contributed by atoms with Crippen LogP contribution in [0, 0.1) is 0 Å². The molecule has 3 nitrogen and oxygen atoms in total. The van der Waals surface area contributed by atoms with E-state index in [1.807, 2.05) is 6.07 Å². The van der Waals surface area contributed by atoms with Crippen LogP contribution in [0.4, 0.5) is 0 Å². The van der Waals surface area contributed by atoms with Gasteiger partial charge in [0.2, 0.25) is 0 Å². The summed E-state index contributed by atoms with van der Waals surface area (Å²) in [6.07, 6.45) is 4.81. The number of nitrogens with one attached hydrogen (secondary N) is 1. The second-order valence-electron chi connectivity index (χ2n) is 5.01. The van der Waals surface area contributed by atoms with Crippen LogP contribution in [0.15, 0.2) is 12.1 Å². The molecule has 4 heteroatoms. The number of hydrogen-bond acceptors (Lipinski definition) is 3. The number of benzene rings is 1. The Labute approximate surface area is 112 Å². The standard InChI is InChI=1S/C14H18ClNO2/c15-13-6-11-8-17-9-18-14(11)7-10(13)5-12-3-1-2-4-16-12/h6-7,12,16H,1-5,8-9H2. The molecule has 18 heavy (non-hydrogen) atoms. The van der Waals surface area contributed by atoms with Crippen molar-refractivity contribution < 1.29 is 9.47 Å². The molecular formula is C14H18ClNO2. The Morgan fingerprint density at radius 3 is 3.11 bits per heavy atom. The molecule has 0 amide bonds. The van der Waals surface area contributed by atoms with Crippen LogP contribution in [-0.2, 0) is 17.8 Å². The zero-order chi connectivity index (χ0) is 12.4. The Hall–Kier alpha value is -0.770. The van der Waals surface area contributed by atoms with Gasteiger partial charge in [0.15, 0.2) is 6.79 Å². The van der Waals surface area contributed by atoms with Gasteiger partial charge in [-0.1, -0.05) is 18.0 Å². The van der Waals surface area contributed by atoms with Crippen molar-refractivity contribution in [3.63, 3.8) is 0 Å². The molecular weight excluding hydrogens is 250 g/mol. The molecule has 0 bridgehead atoms. The highest BCUT2D eigenvalue weighted by Crippen LogP contribution is 2.31. The lowest BCUT2D eigenvalue weighted by Gasteiger charge is -2.25. The molecule has 0 spiro atoms. The van der Waals surface area contributed by atoms with Crippen LogP contribution in [0.3, 0.4) is 0 Å². The molecule has 2 heterocycles. The number of piperidine rings is 1. The van der Waals surface area contributed by atoms with Crippen molar-refractivity contribution >= 4 is 11.6 Å². The fraction of sp³-hybridized carbons (Fsp3) is 0.571. The van der Waals surface area contributed by atoms with Crippen molar-refractivity contribution in [2.24, 2.45) is 0 Å². The van der Waals surface area contributed by atoms with Crippen LogP contribution in [0.5, 0.6) is 5.75 Å². The fourth-order valence-electron chi connectivity index (χ4n) is 2.66. The van der Waals surface area contributed by atoms with Gasteiger partial charge >= 0.3 is 0 Å². The van der Waals surface area contributed by atoms with Gasteiger partial charge in [0.1, 0.15) is 5.75 Å². The summed E-state index contributed by atoms with van der Waals surface area (Å²) in [7, 11) is 0. The van der Waals surface area contributed by atoms with Crippen LogP contribution in [0.1, 0.15) is 30.4 Å². The lowest BCUT2D eigenvalue weighted by Crippen LogP contribution is -2.35. The zero-order valence-electron chi connectivity index (χ0n) is 10.4. The first kappa shape index (κ1) is 12.3. The third-order valence-corrected chi connectivity index (χ3v) is 4.02. The van der Waals surface area contributed by atoms with Gasteiger partial charge in [-0.25, -0.2) is 0 Å². The van der Waals surface area contributed by atoms with Crippen LogP contribution >= 0.6 is 11.6 Å². The molecule has 2 aliphatic rings. The van der Waals surface area contributed by atoms with Crippen molar-refractivity contribution in [2.45, 2.75) is 38.3 Å². The average molecular weight is 268 g/mol. The van der Waals surface area contributed by atoms with E-state index >= 15 is 0 Å². The maximum Gasteiger partial charge on any atom is 0.189 e. The Kier molecular flexibility index (Phi) is 3.73. The van der Waals surface area contributed by atoms with Crippen LogP contribution in [0.2, 0.25) is 5.02 Å². The predicted molar refractivity (Wildman–Crippen MR) is 71.1 cm³/mol. The molecule has 0 aromatic heterocycles. The monoisotopic (exact) mass is 267 g/mol. The number of fused-ring (bicyclic) bond motifs is 1. The fourth-order valence-corrected chi connectivity index (χ4v) is 2.92. The van der Waals surface area contributed by atoms with Gasteiger partial charge in [-0.3, -0.25) is 0 Å². The minimum Gasteiger partial charge on any atom is -0.467 e. The largest absolute Gasteiger partial charge is 0.467 e. The average Bonchev–Trinajstić information content (AvgIpc) is 2.41. The summed E-state index contributed by atoms with van der Waals surface area (Å²) >= 11 is 6.34. The summed E-state index contributed by atoms with van der Waals surface area (Å²) in [4.78, 5) is 0. The molecule has 3 rings (SSSR count). The van der Waals surface area contributed by atoms with Crippen LogP contribution in [-0.4, -0.2) is 19.4 Å². The van der Waals surface area contributed by atoms with Gasteiger partial charge in [0.05, 0.1) is 6.61 Å². The highest BCUT2D eigenvalue weighted by atomic mass is 35.5. The van der Waals surface area contributed by atoms with Gasteiger partial charge < -0.3 is 14.8 Å². The molecule has 2 aliphatic heterocycles. The highest BCUT2D eigenvalue weighted by Gasteiger charge is 2.18. The van der Waals surface area contributed by atoms with Crippen molar-refractivity contribution in [1.29, 1.82) is 0 Å². The molecule has 1 saturated heterocycles.